The van der Waals surface area contributed by atoms with Crippen LogP contribution in [0, 0.1) is 11.6 Å². The van der Waals surface area contributed by atoms with E-state index in [0.29, 0.717) is 5.56 Å². The molecule has 104 valence electrons. The number of thioether (sulfide) groups is 1. The van der Waals surface area contributed by atoms with Crippen molar-refractivity contribution >= 4 is 23.6 Å². The van der Waals surface area contributed by atoms with Crippen LogP contribution in [0.3, 0.4) is 0 Å². The van der Waals surface area contributed by atoms with Crippen LogP contribution in [0.15, 0.2) is 18.2 Å². The Morgan fingerprint density at radius 3 is 2.53 bits per heavy atom. The molecule has 0 fully saturated rings. The molecule has 1 rings (SSSR count). The van der Waals surface area contributed by atoms with Crippen LogP contribution < -0.4 is 0 Å². The average Bonchev–Trinajstić information content (AvgIpc) is 2.33. The number of nitrogens with zero attached hydrogens (tertiary/aromatic N) is 1. The summed E-state index contributed by atoms with van der Waals surface area (Å²) < 4.78 is 25.7. The van der Waals surface area contributed by atoms with Gasteiger partial charge in [0.15, 0.2) is 11.6 Å². The Balaban J connectivity index is 2.49. The molecule has 0 heterocycles. The third-order valence-electron chi connectivity index (χ3n) is 2.28. The summed E-state index contributed by atoms with van der Waals surface area (Å²) in [5.41, 5.74) is 0.470. The van der Waals surface area contributed by atoms with Crippen molar-refractivity contribution in [3.05, 3.63) is 35.4 Å². The van der Waals surface area contributed by atoms with Gasteiger partial charge >= 0.3 is 5.97 Å². The number of carboxylic acids is 1. The third-order valence-corrected chi connectivity index (χ3v) is 3.18. The molecule has 7 heteroatoms. The molecule has 0 unspecified atom stereocenters. The van der Waals surface area contributed by atoms with Gasteiger partial charge in [-0.2, -0.15) is 0 Å². The maximum Gasteiger partial charge on any atom is 0.313 e. The number of hydrogen-bond donors (Lipinski definition) is 1. The van der Waals surface area contributed by atoms with Crippen molar-refractivity contribution in [1.29, 1.82) is 0 Å². The number of carbonyl (C=O) groups excluding carboxylic acids is 1. The van der Waals surface area contributed by atoms with Gasteiger partial charge in [0, 0.05) is 13.6 Å². The van der Waals surface area contributed by atoms with Gasteiger partial charge in [0.2, 0.25) is 5.91 Å². The third kappa shape index (κ3) is 5.25. The highest BCUT2D eigenvalue weighted by Crippen LogP contribution is 2.11. The van der Waals surface area contributed by atoms with E-state index in [0.717, 1.165) is 23.9 Å². The second-order valence-electron chi connectivity index (χ2n) is 3.88. The summed E-state index contributed by atoms with van der Waals surface area (Å²) in [6.45, 7) is 0.143. The lowest BCUT2D eigenvalue weighted by atomic mass is 10.2. The van der Waals surface area contributed by atoms with E-state index < -0.39 is 17.6 Å². The monoisotopic (exact) mass is 289 g/mol. The Hall–Kier alpha value is -1.63. The summed E-state index contributed by atoms with van der Waals surface area (Å²) in [4.78, 5) is 23.2. The summed E-state index contributed by atoms with van der Waals surface area (Å²) in [6, 6.07) is 3.43. The van der Waals surface area contributed by atoms with Gasteiger partial charge in [0.1, 0.15) is 0 Å². The molecule has 0 atom stereocenters. The van der Waals surface area contributed by atoms with Crippen LogP contribution in [0.4, 0.5) is 8.78 Å². The van der Waals surface area contributed by atoms with Crippen molar-refractivity contribution in [2.24, 2.45) is 0 Å². The molecule has 0 bridgehead atoms. The standard InChI is InChI=1S/C12H13F2NO3S/c1-15(11(16)6-19-7-12(17)18)5-8-2-3-9(13)10(14)4-8/h2-4H,5-7H2,1H3,(H,17,18). The molecule has 1 N–H and O–H groups in total. The molecule has 19 heavy (non-hydrogen) atoms. The van der Waals surface area contributed by atoms with Crippen LogP contribution in [0.2, 0.25) is 0 Å². The molecule has 1 amide bonds. The first kappa shape index (κ1) is 15.4. The molecule has 0 saturated heterocycles. The molecule has 0 aliphatic rings. The van der Waals surface area contributed by atoms with E-state index in [1.165, 1.54) is 18.0 Å². The van der Waals surface area contributed by atoms with Gasteiger partial charge in [0.05, 0.1) is 11.5 Å². The van der Waals surface area contributed by atoms with E-state index in [1.54, 1.807) is 0 Å². The first-order valence-corrected chi connectivity index (χ1v) is 6.53. The number of carboxylic acid groups (broad SMARTS) is 1. The summed E-state index contributed by atoms with van der Waals surface area (Å²) in [5, 5.41) is 8.43. The van der Waals surface area contributed by atoms with E-state index in [4.69, 9.17) is 5.11 Å². The first-order chi connectivity index (χ1) is 8.90. The maximum absolute atomic E-state index is 13.0. The number of carbonyl (C=O) groups is 2. The summed E-state index contributed by atoms with van der Waals surface area (Å²) in [6.07, 6.45) is 0. The van der Waals surface area contributed by atoms with Crippen molar-refractivity contribution in [1.82, 2.24) is 4.90 Å². The Morgan fingerprint density at radius 1 is 1.26 bits per heavy atom. The molecule has 0 saturated carbocycles. The highest BCUT2D eigenvalue weighted by molar-refractivity contribution is 8.00. The van der Waals surface area contributed by atoms with Crippen molar-refractivity contribution < 1.29 is 23.5 Å². The van der Waals surface area contributed by atoms with Crippen LogP contribution in [0.5, 0.6) is 0 Å². The number of amides is 1. The smallest absolute Gasteiger partial charge is 0.313 e. The van der Waals surface area contributed by atoms with Crippen molar-refractivity contribution in [3.63, 3.8) is 0 Å². The molecule has 1 aromatic carbocycles. The number of rotatable bonds is 6. The molecule has 0 spiro atoms. The minimum absolute atomic E-state index is 0.0342. The van der Waals surface area contributed by atoms with Gasteiger partial charge < -0.3 is 10.0 Å². The lowest BCUT2D eigenvalue weighted by Crippen LogP contribution is -2.28. The second kappa shape index (κ2) is 7.08. The topological polar surface area (TPSA) is 57.6 Å². The van der Waals surface area contributed by atoms with Gasteiger partial charge in [-0.05, 0) is 17.7 Å². The molecule has 0 aromatic heterocycles. The lowest BCUT2D eigenvalue weighted by Gasteiger charge is -2.17. The van der Waals surface area contributed by atoms with Gasteiger partial charge in [-0.1, -0.05) is 6.07 Å². The highest BCUT2D eigenvalue weighted by atomic mass is 32.2. The molecule has 0 aliphatic carbocycles. The minimum atomic E-state index is -0.985. The van der Waals surface area contributed by atoms with E-state index in [-0.39, 0.29) is 24.0 Å². The van der Waals surface area contributed by atoms with Crippen LogP contribution in [0.1, 0.15) is 5.56 Å². The number of halogens is 2. The molecule has 0 aliphatic heterocycles. The SMILES string of the molecule is CN(Cc1ccc(F)c(F)c1)C(=O)CSCC(=O)O. The zero-order valence-corrected chi connectivity index (χ0v) is 11.0. The molecular weight excluding hydrogens is 276 g/mol. The minimum Gasteiger partial charge on any atom is -0.481 e. The van der Waals surface area contributed by atoms with Gasteiger partial charge in [0.25, 0.3) is 0 Å². The maximum atomic E-state index is 13.0. The summed E-state index contributed by atoms with van der Waals surface area (Å²) >= 11 is 0.989. The van der Waals surface area contributed by atoms with Crippen molar-refractivity contribution in [2.45, 2.75) is 6.54 Å². The fourth-order valence-corrected chi connectivity index (χ4v) is 2.01. The van der Waals surface area contributed by atoms with E-state index in [1.807, 2.05) is 0 Å². The fraction of sp³-hybridized carbons (Fsp3) is 0.333. The zero-order chi connectivity index (χ0) is 14.4. The Morgan fingerprint density at radius 2 is 1.95 bits per heavy atom. The number of benzene rings is 1. The Bertz CT molecular complexity index is 482. The number of aliphatic carboxylic acids is 1. The van der Waals surface area contributed by atoms with Gasteiger partial charge in [-0.3, -0.25) is 9.59 Å². The largest absolute Gasteiger partial charge is 0.481 e. The van der Waals surface area contributed by atoms with Crippen molar-refractivity contribution in [3.8, 4) is 0 Å². The van der Waals surface area contributed by atoms with Crippen LogP contribution in [0.25, 0.3) is 0 Å². The Kier molecular flexibility index (Phi) is 5.75. The van der Waals surface area contributed by atoms with E-state index in [9.17, 15) is 18.4 Å². The van der Waals surface area contributed by atoms with Crippen LogP contribution in [-0.2, 0) is 16.1 Å². The van der Waals surface area contributed by atoms with Crippen molar-refractivity contribution in [2.75, 3.05) is 18.6 Å². The van der Waals surface area contributed by atoms with Crippen LogP contribution >= 0.6 is 11.8 Å². The number of hydrogen-bond acceptors (Lipinski definition) is 3. The summed E-state index contributed by atoms with van der Waals surface area (Å²) in [5.74, 6) is -3.26. The van der Waals surface area contributed by atoms with Crippen LogP contribution in [-0.4, -0.2) is 40.4 Å². The zero-order valence-electron chi connectivity index (χ0n) is 10.2. The first-order valence-electron chi connectivity index (χ1n) is 5.37. The van der Waals surface area contributed by atoms with E-state index >= 15 is 0 Å². The molecule has 1 aromatic rings. The predicted octanol–water partition coefficient (Wildman–Crippen LogP) is 1.74. The van der Waals surface area contributed by atoms with Gasteiger partial charge in [-0.25, -0.2) is 8.78 Å². The predicted molar refractivity (Wildman–Crippen MR) is 67.8 cm³/mol. The molecule has 0 radical (unpaired) electrons. The molecule has 4 nitrogen and oxygen atoms in total. The normalized spacial score (nSPS) is 10.3. The fourth-order valence-electron chi connectivity index (χ4n) is 1.34. The van der Waals surface area contributed by atoms with E-state index in [2.05, 4.69) is 0 Å². The Labute approximate surface area is 113 Å². The second-order valence-corrected chi connectivity index (χ2v) is 4.87. The highest BCUT2D eigenvalue weighted by Gasteiger charge is 2.11. The average molecular weight is 289 g/mol. The lowest BCUT2D eigenvalue weighted by molar-refractivity contribution is -0.133. The molecular formula is C12H13F2NO3S. The van der Waals surface area contributed by atoms with Gasteiger partial charge in [-0.15, -0.1) is 11.8 Å². The quantitative estimate of drug-likeness (QED) is 0.866. The summed E-state index contributed by atoms with van der Waals surface area (Å²) in [7, 11) is 1.52.